The summed E-state index contributed by atoms with van der Waals surface area (Å²) in [6.45, 7) is 0.535. The van der Waals surface area contributed by atoms with E-state index in [1.165, 1.54) is 0 Å². The highest BCUT2D eigenvalue weighted by molar-refractivity contribution is 5.94. The zero-order valence-corrected chi connectivity index (χ0v) is 15.4. The molecule has 0 aliphatic carbocycles. The third-order valence-electron chi connectivity index (χ3n) is 4.35. The Labute approximate surface area is 158 Å². The smallest absolute Gasteiger partial charge is 0.240 e. The first-order valence-electron chi connectivity index (χ1n) is 9.00. The van der Waals surface area contributed by atoms with Gasteiger partial charge in [0.25, 0.3) is 0 Å². The van der Waals surface area contributed by atoms with Gasteiger partial charge in [0.1, 0.15) is 11.5 Å². The lowest BCUT2D eigenvalue weighted by Gasteiger charge is -2.18. The molecule has 0 atom stereocenters. The molecule has 0 bridgehead atoms. The summed E-state index contributed by atoms with van der Waals surface area (Å²) in [5.74, 6) is 1.54. The zero-order chi connectivity index (χ0) is 19.1. The molecule has 0 aromatic heterocycles. The quantitative estimate of drug-likeness (QED) is 0.816. The molecule has 27 heavy (non-hydrogen) atoms. The van der Waals surface area contributed by atoms with E-state index in [2.05, 4.69) is 10.5 Å². The highest BCUT2D eigenvalue weighted by atomic mass is 16.5. The number of para-hydroxylation sites is 1. The van der Waals surface area contributed by atoms with Gasteiger partial charge in [-0.15, -0.1) is 0 Å². The maximum Gasteiger partial charge on any atom is 0.240 e. The molecular weight excluding hydrogens is 342 g/mol. The van der Waals surface area contributed by atoms with E-state index in [-0.39, 0.29) is 11.8 Å². The van der Waals surface area contributed by atoms with E-state index in [0.717, 1.165) is 22.8 Å². The van der Waals surface area contributed by atoms with Gasteiger partial charge in [-0.25, -0.2) is 5.43 Å². The van der Waals surface area contributed by atoms with Crippen LogP contribution >= 0.6 is 0 Å². The number of hydrogen-bond acceptors (Lipinski definition) is 4. The molecule has 2 amide bonds. The van der Waals surface area contributed by atoms with Gasteiger partial charge in [-0.3, -0.25) is 9.59 Å². The number of benzene rings is 2. The van der Waals surface area contributed by atoms with Crippen molar-refractivity contribution < 1.29 is 14.3 Å². The van der Waals surface area contributed by atoms with Crippen LogP contribution in [0.1, 0.15) is 31.2 Å². The number of rotatable bonds is 7. The molecule has 1 heterocycles. The van der Waals surface area contributed by atoms with Crippen molar-refractivity contribution in [1.82, 2.24) is 10.3 Å². The molecule has 0 unspecified atom stereocenters. The van der Waals surface area contributed by atoms with Crippen molar-refractivity contribution in [2.24, 2.45) is 5.10 Å². The Morgan fingerprint density at radius 1 is 1.07 bits per heavy atom. The lowest BCUT2D eigenvalue weighted by molar-refractivity contribution is -0.130. The minimum Gasteiger partial charge on any atom is -0.457 e. The monoisotopic (exact) mass is 365 g/mol. The highest BCUT2D eigenvalue weighted by Gasteiger charge is 2.15. The Morgan fingerprint density at radius 2 is 1.78 bits per heavy atom. The van der Waals surface area contributed by atoms with E-state index in [9.17, 15) is 9.59 Å². The van der Waals surface area contributed by atoms with Crippen LogP contribution in [0.4, 0.5) is 0 Å². The van der Waals surface area contributed by atoms with Crippen LogP contribution in [0.2, 0.25) is 0 Å². The Bertz CT molecular complexity index is 816. The van der Waals surface area contributed by atoms with Crippen molar-refractivity contribution in [1.29, 1.82) is 0 Å². The first kappa shape index (κ1) is 18.6. The maximum absolute atomic E-state index is 12.3. The van der Waals surface area contributed by atoms with Gasteiger partial charge in [0.15, 0.2) is 0 Å². The molecule has 0 spiro atoms. The van der Waals surface area contributed by atoms with Crippen LogP contribution < -0.4 is 10.2 Å². The summed E-state index contributed by atoms with van der Waals surface area (Å²) in [5, 5.41) is 4.00. The summed E-state index contributed by atoms with van der Waals surface area (Å²) >= 11 is 0. The second-order valence-electron chi connectivity index (χ2n) is 6.52. The first-order valence-corrected chi connectivity index (χ1v) is 9.00. The second kappa shape index (κ2) is 8.98. The predicted molar refractivity (Wildman–Crippen MR) is 103 cm³/mol. The van der Waals surface area contributed by atoms with Gasteiger partial charge in [0.05, 0.1) is 0 Å². The summed E-state index contributed by atoms with van der Waals surface area (Å²) in [7, 11) is 1.79. The second-order valence-corrected chi connectivity index (χ2v) is 6.52. The fourth-order valence-corrected chi connectivity index (χ4v) is 2.78. The van der Waals surface area contributed by atoms with Gasteiger partial charge in [-0.2, -0.15) is 5.10 Å². The molecule has 6 nitrogen and oxygen atoms in total. The van der Waals surface area contributed by atoms with Crippen molar-refractivity contribution in [3.05, 3.63) is 60.2 Å². The van der Waals surface area contributed by atoms with Crippen molar-refractivity contribution >= 4 is 17.5 Å². The van der Waals surface area contributed by atoms with Gasteiger partial charge >= 0.3 is 0 Å². The largest absolute Gasteiger partial charge is 0.457 e. The minimum atomic E-state index is -0.0677. The van der Waals surface area contributed by atoms with Crippen molar-refractivity contribution in [2.45, 2.75) is 32.2 Å². The fraction of sp³-hybridized carbons (Fsp3) is 0.286. The Hall–Kier alpha value is -3.15. The molecule has 0 saturated carbocycles. The molecule has 0 radical (unpaired) electrons. The van der Waals surface area contributed by atoms with Crippen LogP contribution in [-0.4, -0.2) is 29.5 Å². The number of ether oxygens (including phenoxy) is 1. The van der Waals surface area contributed by atoms with Gasteiger partial charge in [0, 0.05) is 32.1 Å². The van der Waals surface area contributed by atoms with Crippen LogP contribution in [0.15, 0.2) is 59.7 Å². The third-order valence-corrected chi connectivity index (χ3v) is 4.35. The van der Waals surface area contributed by atoms with Gasteiger partial charge in [-0.05, 0) is 42.7 Å². The Balaban J connectivity index is 1.47. The van der Waals surface area contributed by atoms with Gasteiger partial charge in [-0.1, -0.05) is 30.3 Å². The van der Waals surface area contributed by atoms with Crippen LogP contribution in [0.3, 0.4) is 0 Å². The Morgan fingerprint density at radius 3 is 2.44 bits per heavy atom. The molecule has 140 valence electrons. The van der Waals surface area contributed by atoms with E-state index in [1.54, 1.807) is 11.9 Å². The van der Waals surface area contributed by atoms with E-state index in [4.69, 9.17) is 4.74 Å². The lowest BCUT2D eigenvalue weighted by atomic mass is 10.1. The van der Waals surface area contributed by atoms with Gasteiger partial charge in [0.2, 0.25) is 11.8 Å². The summed E-state index contributed by atoms with van der Waals surface area (Å²) in [4.78, 5) is 25.1. The predicted octanol–water partition coefficient (Wildman–Crippen LogP) is 3.48. The van der Waals surface area contributed by atoms with E-state index in [0.29, 0.717) is 32.2 Å². The van der Waals surface area contributed by atoms with Crippen molar-refractivity contribution in [3.8, 4) is 11.5 Å². The molecule has 6 heteroatoms. The standard InChI is InChI=1S/C21H23N3O3/c1-24(21(26)14-10-17-9-13-20(25)23-22-17)15-16-7-11-19(12-8-16)27-18-5-3-2-4-6-18/h2-8,11-12H,9-10,13-15H2,1H3,(H,23,25). The normalized spacial score (nSPS) is 13.5. The number of nitrogens with zero attached hydrogens (tertiary/aromatic N) is 2. The third kappa shape index (κ3) is 5.67. The van der Waals surface area contributed by atoms with Crippen LogP contribution in [0, 0.1) is 0 Å². The molecule has 1 N–H and O–H groups in total. The number of amides is 2. The molecule has 0 fully saturated rings. The van der Waals surface area contributed by atoms with E-state index < -0.39 is 0 Å². The summed E-state index contributed by atoms with van der Waals surface area (Å²) in [6, 6.07) is 17.3. The molecule has 1 aliphatic heterocycles. The molecular formula is C21H23N3O3. The average molecular weight is 365 g/mol. The SMILES string of the molecule is CN(Cc1ccc(Oc2ccccc2)cc1)C(=O)CCC1=NNC(=O)CC1. The molecule has 0 saturated heterocycles. The summed E-state index contributed by atoms with van der Waals surface area (Å²) in [6.07, 6.45) is 2.04. The minimum absolute atomic E-state index is 0.0548. The molecule has 2 aromatic rings. The van der Waals surface area contributed by atoms with Gasteiger partial charge < -0.3 is 9.64 Å². The highest BCUT2D eigenvalue weighted by Crippen LogP contribution is 2.21. The van der Waals surface area contributed by atoms with Crippen molar-refractivity contribution in [2.75, 3.05) is 7.05 Å². The molecule has 1 aliphatic rings. The topological polar surface area (TPSA) is 71.0 Å². The summed E-state index contributed by atoms with van der Waals surface area (Å²) < 4.78 is 5.78. The van der Waals surface area contributed by atoms with Crippen LogP contribution in [-0.2, 0) is 16.1 Å². The maximum atomic E-state index is 12.3. The van der Waals surface area contributed by atoms with Crippen molar-refractivity contribution in [3.63, 3.8) is 0 Å². The van der Waals surface area contributed by atoms with Crippen LogP contribution in [0.25, 0.3) is 0 Å². The molecule has 2 aromatic carbocycles. The fourth-order valence-electron chi connectivity index (χ4n) is 2.78. The summed E-state index contributed by atoms with van der Waals surface area (Å²) in [5.41, 5.74) is 4.37. The number of hydrazone groups is 1. The van der Waals surface area contributed by atoms with Crippen LogP contribution in [0.5, 0.6) is 11.5 Å². The number of nitrogens with one attached hydrogen (secondary N) is 1. The number of carbonyl (C=O) groups excluding carboxylic acids is 2. The average Bonchev–Trinajstić information content (AvgIpc) is 2.69. The van der Waals surface area contributed by atoms with E-state index in [1.807, 2.05) is 54.6 Å². The number of hydrogen-bond donors (Lipinski definition) is 1. The number of carbonyl (C=O) groups is 2. The lowest BCUT2D eigenvalue weighted by Crippen LogP contribution is -2.28. The van der Waals surface area contributed by atoms with E-state index >= 15 is 0 Å². The Kier molecular flexibility index (Phi) is 6.20. The first-order chi connectivity index (χ1) is 13.1. The molecule has 3 rings (SSSR count). The zero-order valence-electron chi connectivity index (χ0n) is 15.4.